The van der Waals surface area contributed by atoms with Crippen LogP contribution in [0.3, 0.4) is 0 Å². The highest BCUT2D eigenvalue weighted by molar-refractivity contribution is 5.99. The van der Waals surface area contributed by atoms with Crippen LogP contribution in [0, 0.1) is 6.92 Å². The van der Waals surface area contributed by atoms with Crippen molar-refractivity contribution in [3.05, 3.63) is 60.3 Å². The summed E-state index contributed by atoms with van der Waals surface area (Å²) in [6.45, 7) is 4.72. The Kier molecular flexibility index (Phi) is 6.47. The van der Waals surface area contributed by atoms with Gasteiger partial charge in [0.05, 0.1) is 7.11 Å². The summed E-state index contributed by atoms with van der Waals surface area (Å²) in [5.74, 6) is 1.96. The first-order valence-electron chi connectivity index (χ1n) is 9.24. The van der Waals surface area contributed by atoms with Gasteiger partial charge in [0.15, 0.2) is 0 Å². The molecule has 0 unspecified atom stereocenters. The number of methoxy groups -OCH3 is 1. The van der Waals surface area contributed by atoms with Crippen molar-refractivity contribution in [3.63, 3.8) is 0 Å². The van der Waals surface area contributed by atoms with Gasteiger partial charge in [0, 0.05) is 41.4 Å². The molecule has 29 heavy (non-hydrogen) atoms. The smallest absolute Gasteiger partial charge is 0.323 e. The number of nitrogens with zero attached hydrogens (tertiary/aromatic N) is 2. The highest BCUT2D eigenvalue weighted by Gasteiger charge is 2.05. The van der Waals surface area contributed by atoms with Crippen molar-refractivity contribution in [2.45, 2.75) is 13.8 Å². The van der Waals surface area contributed by atoms with E-state index < -0.39 is 0 Å². The van der Waals surface area contributed by atoms with Crippen LogP contribution in [0.2, 0.25) is 0 Å². The molecule has 0 saturated carbocycles. The second-order valence-corrected chi connectivity index (χ2v) is 6.26. The van der Waals surface area contributed by atoms with E-state index in [1.54, 1.807) is 31.4 Å². The van der Waals surface area contributed by atoms with E-state index in [1.807, 2.05) is 44.2 Å². The number of amides is 2. The van der Waals surface area contributed by atoms with Gasteiger partial charge in [0.1, 0.15) is 11.6 Å². The van der Waals surface area contributed by atoms with Crippen LogP contribution in [0.4, 0.5) is 33.6 Å². The van der Waals surface area contributed by atoms with Gasteiger partial charge in [-0.25, -0.2) is 9.78 Å². The van der Waals surface area contributed by atoms with Crippen molar-refractivity contribution in [1.29, 1.82) is 0 Å². The summed E-state index contributed by atoms with van der Waals surface area (Å²) >= 11 is 0. The molecular formula is C21H24N6O2. The fourth-order valence-electron chi connectivity index (χ4n) is 2.66. The minimum Gasteiger partial charge on any atom is -0.497 e. The fraction of sp³-hybridized carbons (Fsp3) is 0.190. The third-order valence-corrected chi connectivity index (χ3v) is 3.94. The number of hydrogen-bond donors (Lipinski definition) is 4. The lowest BCUT2D eigenvalue weighted by atomic mass is 10.3. The Hall–Kier alpha value is -3.81. The van der Waals surface area contributed by atoms with Crippen LogP contribution < -0.4 is 26.0 Å². The molecule has 3 rings (SSSR count). The van der Waals surface area contributed by atoms with Crippen molar-refractivity contribution in [2.24, 2.45) is 0 Å². The molecule has 0 radical (unpaired) electrons. The number of urea groups is 1. The Morgan fingerprint density at radius 3 is 2.41 bits per heavy atom. The molecule has 0 saturated heterocycles. The molecule has 0 aliphatic heterocycles. The lowest BCUT2D eigenvalue weighted by molar-refractivity contribution is 0.262. The standard InChI is InChI=1S/C21H24N6O2/c1-4-22-19-12-14(2)23-20(27-19)24-15-8-10-16(11-9-15)25-21(28)26-17-6-5-7-18(13-17)29-3/h5-13H,4H2,1-3H3,(H2,25,26,28)(H2,22,23,24,27). The third kappa shape index (κ3) is 5.83. The summed E-state index contributed by atoms with van der Waals surface area (Å²) < 4.78 is 5.15. The first-order valence-corrected chi connectivity index (χ1v) is 9.24. The summed E-state index contributed by atoms with van der Waals surface area (Å²) in [4.78, 5) is 21.0. The molecule has 0 spiro atoms. The molecule has 0 aliphatic rings. The van der Waals surface area contributed by atoms with Gasteiger partial charge in [-0.05, 0) is 50.2 Å². The molecule has 1 aromatic heterocycles. The Balaban J connectivity index is 1.60. The number of ether oxygens (including phenoxy) is 1. The van der Waals surface area contributed by atoms with Crippen LogP contribution in [0.5, 0.6) is 5.75 Å². The van der Waals surface area contributed by atoms with E-state index in [-0.39, 0.29) is 6.03 Å². The largest absolute Gasteiger partial charge is 0.497 e. The predicted molar refractivity (Wildman–Crippen MR) is 116 cm³/mol. The lowest BCUT2D eigenvalue weighted by Crippen LogP contribution is -2.19. The van der Waals surface area contributed by atoms with Gasteiger partial charge < -0.3 is 26.0 Å². The number of nitrogens with one attached hydrogen (secondary N) is 4. The second-order valence-electron chi connectivity index (χ2n) is 6.26. The zero-order valence-corrected chi connectivity index (χ0v) is 16.6. The molecule has 1 heterocycles. The van der Waals surface area contributed by atoms with Crippen LogP contribution in [0.1, 0.15) is 12.6 Å². The molecule has 0 aliphatic carbocycles. The molecule has 150 valence electrons. The minimum atomic E-state index is -0.337. The van der Waals surface area contributed by atoms with E-state index in [0.717, 1.165) is 23.7 Å². The number of rotatable bonds is 7. The van der Waals surface area contributed by atoms with Crippen molar-refractivity contribution < 1.29 is 9.53 Å². The van der Waals surface area contributed by atoms with Gasteiger partial charge in [-0.3, -0.25) is 0 Å². The zero-order valence-electron chi connectivity index (χ0n) is 16.6. The summed E-state index contributed by atoms with van der Waals surface area (Å²) in [5.41, 5.74) is 2.99. The molecule has 3 aromatic rings. The molecule has 2 amide bonds. The molecule has 4 N–H and O–H groups in total. The molecule has 2 aromatic carbocycles. The maximum absolute atomic E-state index is 12.2. The predicted octanol–water partition coefficient (Wildman–Crippen LogP) is 4.61. The number of aryl methyl sites for hydroxylation is 1. The van der Waals surface area contributed by atoms with E-state index in [1.165, 1.54) is 0 Å². The van der Waals surface area contributed by atoms with Gasteiger partial charge >= 0.3 is 6.03 Å². The number of carbonyl (C=O) groups excluding carboxylic acids is 1. The number of carbonyl (C=O) groups is 1. The minimum absolute atomic E-state index is 0.337. The topological polar surface area (TPSA) is 100 Å². The highest BCUT2D eigenvalue weighted by atomic mass is 16.5. The molecular weight excluding hydrogens is 368 g/mol. The van der Waals surface area contributed by atoms with Crippen molar-refractivity contribution in [2.75, 3.05) is 34.9 Å². The maximum Gasteiger partial charge on any atom is 0.323 e. The Bertz CT molecular complexity index is 975. The normalized spacial score (nSPS) is 10.2. The number of aromatic nitrogens is 2. The second kappa shape index (κ2) is 9.41. The summed E-state index contributed by atoms with van der Waals surface area (Å²) in [7, 11) is 1.58. The third-order valence-electron chi connectivity index (χ3n) is 3.94. The van der Waals surface area contributed by atoms with E-state index in [4.69, 9.17) is 4.74 Å². The molecule has 0 fully saturated rings. The van der Waals surface area contributed by atoms with E-state index in [9.17, 15) is 4.79 Å². The summed E-state index contributed by atoms with van der Waals surface area (Å²) in [5, 5.41) is 11.9. The zero-order chi connectivity index (χ0) is 20.6. The Labute approximate surface area is 169 Å². The van der Waals surface area contributed by atoms with E-state index >= 15 is 0 Å². The number of anilines is 5. The number of hydrogen-bond acceptors (Lipinski definition) is 6. The van der Waals surface area contributed by atoms with Gasteiger partial charge in [-0.2, -0.15) is 4.98 Å². The number of benzene rings is 2. The first-order chi connectivity index (χ1) is 14.1. The van der Waals surface area contributed by atoms with Crippen molar-refractivity contribution in [1.82, 2.24) is 9.97 Å². The molecule has 8 heteroatoms. The molecule has 8 nitrogen and oxygen atoms in total. The summed E-state index contributed by atoms with van der Waals surface area (Å²) in [6, 6.07) is 16.0. The van der Waals surface area contributed by atoms with Gasteiger partial charge in [-0.15, -0.1) is 0 Å². The molecule has 0 atom stereocenters. The van der Waals surface area contributed by atoms with Gasteiger partial charge in [0.25, 0.3) is 0 Å². The maximum atomic E-state index is 12.2. The van der Waals surface area contributed by atoms with Gasteiger partial charge in [-0.1, -0.05) is 6.07 Å². The highest BCUT2D eigenvalue weighted by Crippen LogP contribution is 2.20. The van der Waals surface area contributed by atoms with E-state index in [2.05, 4.69) is 31.2 Å². The molecule has 0 bridgehead atoms. The van der Waals surface area contributed by atoms with E-state index in [0.29, 0.717) is 23.1 Å². The van der Waals surface area contributed by atoms with Crippen LogP contribution in [-0.2, 0) is 0 Å². The SMILES string of the molecule is CCNc1cc(C)nc(Nc2ccc(NC(=O)Nc3cccc(OC)c3)cc2)n1. The average molecular weight is 392 g/mol. The van der Waals surface area contributed by atoms with Gasteiger partial charge in [0.2, 0.25) is 5.95 Å². The monoisotopic (exact) mass is 392 g/mol. The average Bonchev–Trinajstić information content (AvgIpc) is 2.69. The summed E-state index contributed by atoms with van der Waals surface area (Å²) in [6.07, 6.45) is 0. The van der Waals surface area contributed by atoms with Crippen LogP contribution in [0.25, 0.3) is 0 Å². The first kappa shape index (κ1) is 19.9. The van der Waals surface area contributed by atoms with Crippen molar-refractivity contribution >= 4 is 34.9 Å². The Morgan fingerprint density at radius 2 is 1.69 bits per heavy atom. The fourth-order valence-corrected chi connectivity index (χ4v) is 2.66. The Morgan fingerprint density at radius 1 is 0.966 bits per heavy atom. The lowest BCUT2D eigenvalue weighted by Gasteiger charge is -2.11. The van der Waals surface area contributed by atoms with Crippen LogP contribution >= 0.6 is 0 Å². The van der Waals surface area contributed by atoms with Crippen molar-refractivity contribution in [3.8, 4) is 5.75 Å². The quantitative estimate of drug-likeness (QED) is 0.468. The van der Waals surface area contributed by atoms with Crippen LogP contribution in [-0.4, -0.2) is 29.7 Å². The van der Waals surface area contributed by atoms with Crippen LogP contribution in [0.15, 0.2) is 54.6 Å².